The Kier molecular flexibility index (Phi) is 9.75. The first-order valence-corrected chi connectivity index (χ1v) is 13.4. The van der Waals surface area contributed by atoms with E-state index in [1.807, 2.05) is 13.8 Å². The molecule has 2 aromatic carbocycles. The van der Waals surface area contributed by atoms with E-state index in [4.69, 9.17) is 11.6 Å². The van der Waals surface area contributed by atoms with Gasteiger partial charge in [0.1, 0.15) is 12.6 Å². The number of hydrogen-bond donors (Lipinski definition) is 1. The van der Waals surface area contributed by atoms with Gasteiger partial charge in [-0.25, -0.2) is 8.42 Å². The van der Waals surface area contributed by atoms with Gasteiger partial charge in [-0.3, -0.25) is 13.9 Å². The molecule has 1 atom stereocenters. The minimum absolute atomic E-state index is 0.103. The Morgan fingerprint density at radius 1 is 1.09 bits per heavy atom. The maximum atomic E-state index is 13.4. The topological polar surface area (TPSA) is 86.8 Å². The molecule has 10 heteroatoms. The van der Waals surface area contributed by atoms with Gasteiger partial charge in [0.05, 0.1) is 11.9 Å². The van der Waals surface area contributed by atoms with Gasteiger partial charge in [0.15, 0.2) is 0 Å². The van der Waals surface area contributed by atoms with Crippen LogP contribution in [0.2, 0.25) is 5.02 Å². The van der Waals surface area contributed by atoms with Crippen molar-refractivity contribution in [3.05, 3.63) is 63.6 Å². The molecule has 2 amide bonds. The largest absolute Gasteiger partial charge is 0.354 e. The number of amides is 2. The van der Waals surface area contributed by atoms with Crippen LogP contribution in [0.15, 0.2) is 53.0 Å². The first-order valence-electron chi connectivity index (χ1n) is 10.4. The molecule has 33 heavy (non-hydrogen) atoms. The van der Waals surface area contributed by atoms with Crippen molar-refractivity contribution in [1.29, 1.82) is 0 Å². The second-order valence-electron chi connectivity index (χ2n) is 8.22. The highest BCUT2D eigenvalue weighted by molar-refractivity contribution is 9.10. The average molecular weight is 559 g/mol. The third kappa shape index (κ3) is 8.32. The highest BCUT2D eigenvalue weighted by atomic mass is 79.9. The molecule has 0 fully saturated rings. The fourth-order valence-electron chi connectivity index (χ4n) is 3.11. The fourth-order valence-corrected chi connectivity index (χ4v) is 4.55. The van der Waals surface area contributed by atoms with Crippen molar-refractivity contribution < 1.29 is 18.0 Å². The highest BCUT2D eigenvalue weighted by Crippen LogP contribution is 2.23. The summed E-state index contributed by atoms with van der Waals surface area (Å²) in [4.78, 5) is 27.6. The molecule has 0 aliphatic heterocycles. The Morgan fingerprint density at radius 2 is 1.76 bits per heavy atom. The molecular weight excluding hydrogens is 530 g/mol. The normalized spacial score (nSPS) is 12.3. The molecule has 0 heterocycles. The van der Waals surface area contributed by atoms with Crippen LogP contribution in [-0.4, -0.2) is 50.5 Å². The third-order valence-electron chi connectivity index (χ3n) is 4.87. The average Bonchev–Trinajstić information content (AvgIpc) is 2.72. The van der Waals surface area contributed by atoms with Crippen LogP contribution in [0.1, 0.15) is 26.3 Å². The molecule has 0 bridgehead atoms. The zero-order valence-corrected chi connectivity index (χ0v) is 22.2. The Morgan fingerprint density at radius 3 is 2.33 bits per heavy atom. The Labute approximate surface area is 209 Å². The van der Waals surface area contributed by atoms with Gasteiger partial charge < -0.3 is 10.2 Å². The lowest BCUT2D eigenvalue weighted by Crippen LogP contribution is -2.51. The molecule has 180 valence electrons. The molecule has 0 aromatic heterocycles. The summed E-state index contributed by atoms with van der Waals surface area (Å²) < 4.78 is 26.8. The standard InChI is InChI=1S/C23H29BrClN3O4S/c1-16(2)13-26-23(30)17(3)27(14-18-7-5-9-20(25)11-18)22(29)15-28(33(4,31)32)21-10-6-8-19(24)12-21/h5-12,16-17H,13-15H2,1-4H3,(H,26,30). The van der Waals surface area contributed by atoms with Crippen molar-refractivity contribution in [2.24, 2.45) is 5.92 Å². The van der Waals surface area contributed by atoms with Gasteiger partial charge in [-0.1, -0.05) is 59.6 Å². The molecule has 2 rings (SSSR count). The number of hydrogen-bond acceptors (Lipinski definition) is 4. The number of carbonyl (C=O) groups is 2. The third-order valence-corrected chi connectivity index (χ3v) is 6.74. The highest BCUT2D eigenvalue weighted by Gasteiger charge is 2.30. The van der Waals surface area contributed by atoms with E-state index in [1.54, 1.807) is 55.5 Å². The second kappa shape index (κ2) is 11.9. The molecule has 0 saturated carbocycles. The Hall–Kier alpha value is -2.10. The summed E-state index contributed by atoms with van der Waals surface area (Å²) in [6, 6.07) is 12.8. The first kappa shape index (κ1) is 27.1. The molecule has 0 saturated heterocycles. The summed E-state index contributed by atoms with van der Waals surface area (Å²) in [5.74, 6) is -0.574. The van der Waals surface area contributed by atoms with Gasteiger partial charge in [0.2, 0.25) is 21.8 Å². The summed E-state index contributed by atoms with van der Waals surface area (Å²) in [7, 11) is -3.77. The van der Waals surface area contributed by atoms with Crippen LogP contribution in [0, 0.1) is 5.92 Å². The molecule has 2 aromatic rings. The number of benzene rings is 2. The van der Waals surface area contributed by atoms with Gasteiger partial charge in [0.25, 0.3) is 0 Å². The van der Waals surface area contributed by atoms with Crippen molar-refractivity contribution in [2.75, 3.05) is 23.7 Å². The van der Waals surface area contributed by atoms with E-state index in [-0.39, 0.29) is 18.4 Å². The van der Waals surface area contributed by atoms with E-state index in [0.29, 0.717) is 21.7 Å². The lowest BCUT2D eigenvalue weighted by atomic mass is 10.1. The fraction of sp³-hybridized carbons (Fsp3) is 0.391. The van der Waals surface area contributed by atoms with Gasteiger partial charge in [0, 0.05) is 22.6 Å². The molecule has 7 nitrogen and oxygen atoms in total. The van der Waals surface area contributed by atoms with Crippen molar-refractivity contribution >= 4 is 55.1 Å². The lowest BCUT2D eigenvalue weighted by molar-refractivity contribution is -0.139. The van der Waals surface area contributed by atoms with E-state index in [1.165, 1.54) is 4.90 Å². The van der Waals surface area contributed by atoms with E-state index in [2.05, 4.69) is 21.2 Å². The number of anilines is 1. The summed E-state index contributed by atoms with van der Waals surface area (Å²) in [6.07, 6.45) is 1.04. The molecule has 1 unspecified atom stereocenters. The number of rotatable bonds is 10. The van der Waals surface area contributed by atoms with Crippen LogP contribution in [0.3, 0.4) is 0 Å². The SMILES string of the molecule is CC(C)CNC(=O)C(C)N(Cc1cccc(Cl)c1)C(=O)CN(c1cccc(Br)c1)S(C)(=O)=O. The van der Waals surface area contributed by atoms with Crippen LogP contribution in [0.4, 0.5) is 5.69 Å². The summed E-state index contributed by atoms with van der Waals surface area (Å²) in [5.41, 5.74) is 1.08. The van der Waals surface area contributed by atoms with Crippen molar-refractivity contribution in [2.45, 2.75) is 33.4 Å². The van der Waals surface area contributed by atoms with Gasteiger partial charge in [-0.15, -0.1) is 0 Å². The minimum Gasteiger partial charge on any atom is -0.354 e. The molecule has 0 aliphatic rings. The second-order valence-corrected chi connectivity index (χ2v) is 11.5. The van der Waals surface area contributed by atoms with Crippen LogP contribution in [-0.2, 0) is 26.2 Å². The number of carbonyl (C=O) groups excluding carboxylic acids is 2. The Balaban J connectivity index is 2.36. The predicted octanol–water partition coefficient (Wildman–Crippen LogP) is 4.06. The number of nitrogens with zero attached hydrogens (tertiary/aromatic N) is 2. The molecule has 1 N–H and O–H groups in total. The first-order chi connectivity index (χ1) is 15.4. The van der Waals surface area contributed by atoms with Gasteiger partial charge in [-0.2, -0.15) is 0 Å². The van der Waals surface area contributed by atoms with Crippen molar-refractivity contribution in [3.8, 4) is 0 Å². The summed E-state index contributed by atoms with van der Waals surface area (Å²) in [5, 5.41) is 3.34. The Bertz CT molecular complexity index is 1090. The van der Waals surface area contributed by atoms with Crippen LogP contribution < -0.4 is 9.62 Å². The quantitative estimate of drug-likeness (QED) is 0.477. The lowest BCUT2D eigenvalue weighted by Gasteiger charge is -2.31. The molecule has 0 aliphatic carbocycles. The maximum Gasteiger partial charge on any atom is 0.244 e. The zero-order valence-electron chi connectivity index (χ0n) is 19.1. The number of sulfonamides is 1. The van der Waals surface area contributed by atoms with Gasteiger partial charge >= 0.3 is 0 Å². The molecular formula is C23H29BrClN3O4S. The zero-order chi connectivity index (χ0) is 24.8. The van der Waals surface area contributed by atoms with Crippen LogP contribution in [0.25, 0.3) is 0 Å². The molecule has 0 spiro atoms. The minimum atomic E-state index is -3.77. The van der Waals surface area contributed by atoms with E-state index >= 15 is 0 Å². The van der Waals surface area contributed by atoms with E-state index in [9.17, 15) is 18.0 Å². The smallest absolute Gasteiger partial charge is 0.244 e. The summed E-state index contributed by atoms with van der Waals surface area (Å²) in [6.45, 7) is 5.70. The number of halogens is 2. The van der Waals surface area contributed by atoms with Gasteiger partial charge in [-0.05, 0) is 48.7 Å². The molecule has 0 radical (unpaired) electrons. The summed E-state index contributed by atoms with van der Waals surface area (Å²) >= 11 is 9.43. The monoisotopic (exact) mass is 557 g/mol. The van der Waals surface area contributed by atoms with Crippen LogP contribution in [0.5, 0.6) is 0 Å². The van der Waals surface area contributed by atoms with Crippen molar-refractivity contribution in [1.82, 2.24) is 10.2 Å². The maximum absolute atomic E-state index is 13.4. The number of nitrogens with one attached hydrogen (secondary N) is 1. The predicted molar refractivity (Wildman–Crippen MR) is 136 cm³/mol. The van der Waals surface area contributed by atoms with E-state index < -0.39 is 28.5 Å². The van der Waals surface area contributed by atoms with Crippen molar-refractivity contribution in [3.63, 3.8) is 0 Å². The van der Waals surface area contributed by atoms with Crippen LogP contribution >= 0.6 is 27.5 Å². The van der Waals surface area contributed by atoms with E-state index in [0.717, 1.165) is 16.1 Å².